The second-order valence-electron chi connectivity index (χ2n) is 8.46. The van der Waals surface area contributed by atoms with Crippen molar-refractivity contribution in [3.63, 3.8) is 0 Å². The molecule has 0 radical (unpaired) electrons. The van der Waals surface area contributed by atoms with Crippen LogP contribution in [0.15, 0.2) is 77.9 Å². The SMILES string of the molecule is COC(=O)c1cccc(NC(=NCc2ccccn2)NC(=O)c2ccc(C(C)(C)C)cc2)c1. The van der Waals surface area contributed by atoms with Gasteiger partial charge in [-0.15, -0.1) is 0 Å². The Morgan fingerprint density at radius 3 is 2.36 bits per heavy atom. The summed E-state index contributed by atoms with van der Waals surface area (Å²) in [7, 11) is 1.33. The van der Waals surface area contributed by atoms with Gasteiger partial charge in [0.1, 0.15) is 0 Å². The highest BCUT2D eigenvalue weighted by Gasteiger charge is 2.15. The third kappa shape index (κ3) is 6.74. The van der Waals surface area contributed by atoms with Crippen LogP contribution < -0.4 is 10.6 Å². The quantitative estimate of drug-likeness (QED) is 0.342. The van der Waals surface area contributed by atoms with Gasteiger partial charge in [-0.3, -0.25) is 15.1 Å². The fraction of sp³-hybridized carbons (Fsp3) is 0.231. The third-order valence-electron chi connectivity index (χ3n) is 4.92. The Morgan fingerprint density at radius 1 is 0.970 bits per heavy atom. The zero-order chi connectivity index (χ0) is 23.8. The number of pyridine rings is 1. The summed E-state index contributed by atoms with van der Waals surface area (Å²) in [4.78, 5) is 33.6. The summed E-state index contributed by atoms with van der Waals surface area (Å²) in [5, 5.41) is 5.92. The molecule has 170 valence electrons. The van der Waals surface area contributed by atoms with Crippen molar-refractivity contribution in [2.45, 2.75) is 32.7 Å². The molecule has 7 nitrogen and oxygen atoms in total. The average Bonchev–Trinajstić information content (AvgIpc) is 2.82. The molecule has 0 aliphatic carbocycles. The molecular weight excluding hydrogens is 416 g/mol. The summed E-state index contributed by atoms with van der Waals surface area (Å²) in [5.74, 6) is -0.506. The number of nitrogens with one attached hydrogen (secondary N) is 2. The van der Waals surface area contributed by atoms with Crippen LogP contribution in [0.25, 0.3) is 0 Å². The number of nitrogens with zero attached hydrogens (tertiary/aromatic N) is 2. The molecule has 1 aromatic heterocycles. The number of amides is 1. The molecule has 0 spiro atoms. The lowest BCUT2D eigenvalue weighted by molar-refractivity contribution is 0.0600. The highest BCUT2D eigenvalue weighted by atomic mass is 16.5. The number of hydrogen-bond acceptors (Lipinski definition) is 5. The van der Waals surface area contributed by atoms with E-state index < -0.39 is 5.97 Å². The zero-order valence-corrected chi connectivity index (χ0v) is 19.3. The number of anilines is 1. The van der Waals surface area contributed by atoms with Gasteiger partial charge in [0.05, 0.1) is 24.9 Å². The Labute approximate surface area is 193 Å². The van der Waals surface area contributed by atoms with Crippen LogP contribution in [0.1, 0.15) is 52.7 Å². The Balaban J connectivity index is 1.82. The van der Waals surface area contributed by atoms with Crippen LogP contribution in [0.3, 0.4) is 0 Å². The standard InChI is InChI=1S/C26H28N4O3/c1-26(2,3)20-13-11-18(12-14-20)23(31)30-25(28-17-22-9-5-6-15-27-22)29-21-10-7-8-19(16-21)24(32)33-4/h5-16H,17H2,1-4H3,(H2,28,29,30,31). The largest absolute Gasteiger partial charge is 0.465 e. The van der Waals surface area contributed by atoms with Crippen LogP contribution in [0.4, 0.5) is 5.69 Å². The van der Waals surface area contributed by atoms with Crippen LogP contribution in [0.2, 0.25) is 0 Å². The second-order valence-corrected chi connectivity index (χ2v) is 8.46. The van der Waals surface area contributed by atoms with Crippen molar-refractivity contribution in [3.8, 4) is 0 Å². The number of hydrogen-bond donors (Lipinski definition) is 2. The monoisotopic (exact) mass is 444 g/mol. The minimum absolute atomic E-state index is 0.00345. The van der Waals surface area contributed by atoms with Gasteiger partial charge in [0.2, 0.25) is 5.96 Å². The second kappa shape index (κ2) is 10.5. The molecular formula is C26H28N4O3. The summed E-state index contributed by atoms with van der Waals surface area (Å²) in [6.45, 7) is 6.63. The van der Waals surface area contributed by atoms with Crippen LogP contribution in [0.5, 0.6) is 0 Å². The fourth-order valence-corrected chi connectivity index (χ4v) is 3.04. The molecule has 2 aromatic carbocycles. The summed E-state index contributed by atoms with van der Waals surface area (Å²) < 4.78 is 4.78. The molecule has 0 aliphatic rings. The van der Waals surface area contributed by atoms with Gasteiger partial charge in [0, 0.05) is 17.4 Å². The van der Waals surface area contributed by atoms with Gasteiger partial charge >= 0.3 is 5.97 Å². The van der Waals surface area contributed by atoms with Gasteiger partial charge in [-0.1, -0.05) is 45.0 Å². The number of carbonyl (C=O) groups excluding carboxylic acids is 2. The number of benzene rings is 2. The Hall–Kier alpha value is -4.00. The number of carbonyl (C=O) groups is 2. The smallest absolute Gasteiger partial charge is 0.337 e. The first-order valence-electron chi connectivity index (χ1n) is 10.6. The van der Waals surface area contributed by atoms with Gasteiger partial charge in [-0.2, -0.15) is 0 Å². The molecule has 0 saturated heterocycles. The van der Waals surface area contributed by atoms with E-state index in [4.69, 9.17) is 4.74 Å². The molecule has 33 heavy (non-hydrogen) atoms. The lowest BCUT2D eigenvalue weighted by Gasteiger charge is -2.19. The van der Waals surface area contributed by atoms with E-state index in [9.17, 15) is 9.59 Å². The number of methoxy groups -OCH3 is 1. The molecule has 3 aromatic rings. The van der Waals surface area contributed by atoms with Gasteiger partial charge in [-0.25, -0.2) is 9.79 Å². The normalized spacial score (nSPS) is 11.6. The molecule has 0 saturated carbocycles. The van der Waals surface area contributed by atoms with Crippen LogP contribution in [-0.4, -0.2) is 29.9 Å². The first-order chi connectivity index (χ1) is 15.8. The van der Waals surface area contributed by atoms with E-state index in [1.807, 2.05) is 30.3 Å². The minimum Gasteiger partial charge on any atom is -0.465 e. The topological polar surface area (TPSA) is 92.7 Å². The lowest BCUT2D eigenvalue weighted by atomic mass is 9.87. The molecule has 0 unspecified atom stereocenters. The highest BCUT2D eigenvalue weighted by Crippen LogP contribution is 2.22. The molecule has 7 heteroatoms. The number of aliphatic imine (C=N–C) groups is 1. The molecule has 1 heterocycles. The fourth-order valence-electron chi connectivity index (χ4n) is 3.04. The highest BCUT2D eigenvalue weighted by molar-refractivity contribution is 6.10. The zero-order valence-electron chi connectivity index (χ0n) is 19.3. The van der Waals surface area contributed by atoms with Gasteiger partial charge in [0.15, 0.2) is 0 Å². The molecule has 0 atom stereocenters. The summed E-state index contributed by atoms with van der Waals surface area (Å²) >= 11 is 0. The van der Waals surface area contributed by atoms with Crippen molar-refractivity contribution in [1.82, 2.24) is 10.3 Å². The number of guanidine groups is 1. The van der Waals surface area contributed by atoms with Crippen molar-refractivity contribution in [3.05, 3.63) is 95.3 Å². The third-order valence-corrected chi connectivity index (χ3v) is 4.92. The Kier molecular flexibility index (Phi) is 7.56. The molecule has 1 amide bonds. The molecule has 2 N–H and O–H groups in total. The van der Waals surface area contributed by atoms with Gasteiger partial charge in [-0.05, 0) is 53.4 Å². The summed E-state index contributed by atoms with van der Waals surface area (Å²) in [5.41, 5.74) is 3.37. The van der Waals surface area contributed by atoms with Crippen molar-refractivity contribution in [2.75, 3.05) is 12.4 Å². The first kappa shape index (κ1) is 23.7. The van der Waals surface area contributed by atoms with E-state index in [1.165, 1.54) is 7.11 Å². The van der Waals surface area contributed by atoms with Crippen LogP contribution >= 0.6 is 0 Å². The van der Waals surface area contributed by atoms with E-state index in [0.717, 1.165) is 11.3 Å². The van der Waals surface area contributed by atoms with Gasteiger partial charge in [0.25, 0.3) is 5.91 Å². The van der Waals surface area contributed by atoms with Gasteiger partial charge < -0.3 is 10.1 Å². The Morgan fingerprint density at radius 2 is 1.73 bits per heavy atom. The number of esters is 1. The molecule has 0 aliphatic heterocycles. The minimum atomic E-state index is -0.450. The van der Waals surface area contributed by atoms with E-state index in [-0.39, 0.29) is 23.8 Å². The van der Waals surface area contributed by atoms with Crippen molar-refractivity contribution >= 4 is 23.5 Å². The number of aromatic nitrogens is 1. The van der Waals surface area contributed by atoms with E-state index in [1.54, 1.807) is 42.6 Å². The lowest BCUT2D eigenvalue weighted by Crippen LogP contribution is -2.36. The van der Waals surface area contributed by atoms with Crippen LogP contribution in [-0.2, 0) is 16.7 Å². The molecule has 0 bridgehead atoms. The average molecular weight is 445 g/mol. The summed E-state index contributed by atoms with van der Waals surface area (Å²) in [6.07, 6.45) is 1.69. The first-order valence-corrected chi connectivity index (χ1v) is 10.6. The predicted molar refractivity (Wildman–Crippen MR) is 129 cm³/mol. The predicted octanol–water partition coefficient (Wildman–Crippen LogP) is 4.56. The van der Waals surface area contributed by atoms with E-state index >= 15 is 0 Å². The Bertz CT molecular complexity index is 1130. The molecule has 0 fully saturated rings. The van der Waals surface area contributed by atoms with Crippen molar-refractivity contribution < 1.29 is 14.3 Å². The van der Waals surface area contributed by atoms with Crippen LogP contribution in [0, 0.1) is 0 Å². The summed E-state index contributed by atoms with van der Waals surface area (Å²) in [6, 6.07) is 19.8. The maximum Gasteiger partial charge on any atom is 0.337 e. The van der Waals surface area contributed by atoms with Crippen molar-refractivity contribution in [2.24, 2.45) is 4.99 Å². The number of ether oxygens (including phenoxy) is 1. The van der Waals surface area contributed by atoms with Crippen molar-refractivity contribution in [1.29, 1.82) is 0 Å². The number of rotatable bonds is 5. The van der Waals surface area contributed by atoms with E-state index in [2.05, 4.69) is 41.4 Å². The molecule has 3 rings (SSSR count). The van der Waals surface area contributed by atoms with E-state index in [0.29, 0.717) is 16.8 Å². The maximum atomic E-state index is 12.9. The maximum absolute atomic E-state index is 12.9.